The van der Waals surface area contributed by atoms with Gasteiger partial charge in [-0.05, 0) is 0 Å². The molecule has 2 heteroatoms. The summed E-state index contributed by atoms with van der Waals surface area (Å²) >= 11 is 0. The van der Waals surface area contributed by atoms with Crippen molar-refractivity contribution in [1.82, 2.24) is 0 Å². The summed E-state index contributed by atoms with van der Waals surface area (Å²) in [4.78, 5) is 0. The maximum absolute atomic E-state index is 2.00. The molecule has 0 fully saturated rings. The van der Waals surface area contributed by atoms with Crippen molar-refractivity contribution in [3.8, 4) is 0 Å². The van der Waals surface area contributed by atoms with Crippen molar-refractivity contribution >= 4 is 0 Å². The van der Waals surface area contributed by atoms with E-state index in [4.69, 9.17) is 0 Å². The fraction of sp³-hybridized carbons (Fsp3) is 0.667. The average molecular weight is 98.2 g/mol. The number of hydrogen-bond donors (Lipinski definition) is 0. The molecule has 0 bridgehead atoms. The van der Waals surface area contributed by atoms with Gasteiger partial charge in [0.25, 0.3) is 0 Å². The Bertz CT molecular complexity index is 6.85. The molecule has 0 unspecified atom stereocenters. The van der Waals surface area contributed by atoms with Crippen molar-refractivity contribution < 1.29 is 51.4 Å². The monoisotopic (exact) mass is 98.0 g/mol. The molecule has 0 aromatic heterocycles. The van der Waals surface area contributed by atoms with Gasteiger partial charge in [-0.3, -0.25) is 0 Å². The summed E-state index contributed by atoms with van der Waals surface area (Å²) in [5.41, 5.74) is 0. The second kappa shape index (κ2) is 17.5. The zero-order chi connectivity index (χ0) is 2.71. The first kappa shape index (κ1) is 16.0. The van der Waals surface area contributed by atoms with Crippen molar-refractivity contribution in [3.05, 3.63) is 12.6 Å². The minimum atomic E-state index is 0. The normalized spacial score (nSPS) is 3.60. The van der Waals surface area contributed by atoms with E-state index in [2.05, 4.69) is 0 Å². The van der Waals surface area contributed by atoms with E-state index in [0.29, 0.717) is 0 Å². The second-order valence-corrected chi connectivity index (χ2v) is 0.577. The van der Waals surface area contributed by atoms with Crippen molar-refractivity contribution in [2.75, 3.05) is 0 Å². The van der Waals surface area contributed by atoms with Gasteiger partial charge in [-0.1, -0.05) is 0 Å². The first-order chi connectivity index (χ1) is 1.41. The first-order valence-corrected chi connectivity index (χ1v) is 1.15. The van der Waals surface area contributed by atoms with Crippen LogP contribution in [0.1, 0.15) is 13.8 Å². The topological polar surface area (TPSA) is 33.5 Å². The van der Waals surface area contributed by atoms with E-state index >= 15 is 0 Å². The van der Waals surface area contributed by atoms with Crippen LogP contribution in [-0.2, 0) is 0 Å². The van der Waals surface area contributed by atoms with Crippen LogP contribution in [0.5, 0.6) is 0 Å². The van der Waals surface area contributed by atoms with E-state index in [1.165, 1.54) is 0 Å². The van der Waals surface area contributed by atoms with Gasteiger partial charge in [0.2, 0.25) is 0 Å². The molecule has 0 saturated carbocycles. The van der Waals surface area contributed by atoms with Crippen LogP contribution < -0.4 is 51.4 Å². The van der Waals surface area contributed by atoms with Crippen LogP contribution in [0.4, 0.5) is 0 Å². The van der Waals surface area contributed by atoms with E-state index in [0.717, 1.165) is 0 Å². The van der Waals surface area contributed by atoms with Crippen LogP contribution in [0.15, 0.2) is 0 Å². The predicted octanol–water partition coefficient (Wildman–Crippen LogP) is -1.05. The molecule has 0 rings (SSSR count). The van der Waals surface area contributed by atoms with Gasteiger partial charge >= 0.3 is 51.4 Å². The van der Waals surface area contributed by atoms with Gasteiger partial charge in [-0.25, -0.2) is 0 Å². The van der Waals surface area contributed by atoms with Crippen LogP contribution >= 0.6 is 0 Å². The predicted molar refractivity (Wildman–Crippen MR) is 20.9 cm³/mol. The molecule has 0 amide bonds. The minimum absolute atomic E-state index is 0. The van der Waals surface area contributed by atoms with E-state index in [1.54, 1.807) is 0 Å². The summed E-state index contributed by atoms with van der Waals surface area (Å²) in [5.74, 6) is 0. The third-order valence-electron chi connectivity index (χ3n) is 0. The smallest absolute Gasteiger partial charge is 0.693 e. The summed E-state index contributed by atoms with van der Waals surface area (Å²) in [6, 6.07) is 0. The zero-order valence-corrected chi connectivity index (χ0v) is 7.28. The molecule has 0 heterocycles. The zero-order valence-electron chi connectivity index (χ0n) is 4.15. The standard InChI is InChI=1S/C3H7.K.H2N/c1-3-2;;/h3H,1-2H3;;1H2/q-1;+1;-1. The van der Waals surface area contributed by atoms with Gasteiger partial charge in [0.15, 0.2) is 0 Å². The summed E-state index contributed by atoms with van der Waals surface area (Å²) in [5, 5.41) is 0. The second-order valence-electron chi connectivity index (χ2n) is 0.577. The summed E-state index contributed by atoms with van der Waals surface area (Å²) in [6.45, 7) is 4.00. The Morgan fingerprint density at radius 3 is 1.20 bits per heavy atom. The molecule has 2 N–H and O–H groups in total. The number of rotatable bonds is 0. The molecule has 1 nitrogen and oxygen atoms in total. The first-order valence-electron chi connectivity index (χ1n) is 1.15. The summed E-state index contributed by atoms with van der Waals surface area (Å²) in [7, 11) is 0. The SMILES string of the molecule is C[CH-]C.[K+].[NH2-]. The van der Waals surface area contributed by atoms with E-state index in [1.807, 2.05) is 20.3 Å². The van der Waals surface area contributed by atoms with Crippen LogP contribution in [-0.4, -0.2) is 0 Å². The average Bonchev–Trinajstić information content (AvgIpc) is 0.918. The van der Waals surface area contributed by atoms with Gasteiger partial charge in [0.1, 0.15) is 0 Å². The molecule has 0 aliphatic heterocycles. The van der Waals surface area contributed by atoms with Crippen molar-refractivity contribution in [2.45, 2.75) is 13.8 Å². The molecule has 5 heavy (non-hydrogen) atoms. The van der Waals surface area contributed by atoms with Crippen LogP contribution in [0.3, 0.4) is 0 Å². The van der Waals surface area contributed by atoms with Gasteiger partial charge in [-0.15, -0.1) is 0 Å². The molecular weight excluding hydrogens is 89.1 g/mol. The van der Waals surface area contributed by atoms with Gasteiger partial charge in [-0.2, -0.15) is 13.8 Å². The van der Waals surface area contributed by atoms with Crippen LogP contribution in [0.2, 0.25) is 0 Å². The maximum atomic E-state index is 2.00. The van der Waals surface area contributed by atoms with Crippen LogP contribution in [0.25, 0.3) is 6.15 Å². The molecule has 0 atom stereocenters. The third-order valence-corrected chi connectivity index (χ3v) is 0. The van der Waals surface area contributed by atoms with E-state index < -0.39 is 0 Å². The molecule has 0 aliphatic rings. The van der Waals surface area contributed by atoms with Crippen molar-refractivity contribution in [1.29, 1.82) is 0 Å². The summed E-state index contributed by atoms with van der Waals surface area (Å²) in [6.07, 6.45) is 2.00. The van der Waals surface area contributed by atoms with Gasteiger partial charge < -0.3 is 12.6 Å². The molecular formula is C3H9KN-. The van der Waals surface area contributed by atoms with E-state index in [-0.39, 0.29) is 57.5 Å². The number of nitrogens with two attached hydrogens (primary N) is 1. The Balaban J connectivity index is -0.0000000200. The van der Waals surface area contributed by atoms with Crippen molar-refractivity contribution in [2.24, 2.45) is 0 Å². The maximum Gasteiger partial charge on any atom is 1.00 e. The van der Waals surface area contributed by atoms with Gasteiger partial charge in [0.05, 0.1) is 0 Å². The molecule has 0 aliphatic carbocycles. The Morgan fingerprint density at radius 2 is 1.20 bits per heavy atom. The van der Waals surface area contributed by atoms with E-state index in [9.17, 15) is 0 Å². The summed E-state index contributed by atoms with van der Waals surface area (Å²) < 4.78 is 0. The Morgan fingerprint density at radius 1 is 1.20 bits per heavy atom. The molecule has 0 aromatic rings. The molecule has 28 valence electrons. The largest absolute Gasteiger partial charge is 1.00 e. The molecule has 0 spiro atoms. The van der Waals surface area contributed by atoms with Crippen LogP contribution in [0, 0.1) is 6.42 Å². The molecule has 0 aromatic carbocycles. The Kier molecular flexibility index (Phi) is 56.0. The third kappa shape index (κ3) is 28.4. The minimum Gasteiger partial charge on any atom is -0.693 e. The quantitative estimate of drug-likeness (QED) is 0.274. The number of hydrogen-bond acceptors (Lipinski definition) is 0. The fourth-order valence-electron chi connectivity index (χ4n) is 0. The molecule has 0 radical (unpaired) electrons. The molecule has 0 saturated heterocycles. The van der Waals surface area contributed by atoms with Gasteiger partial charge in [0, 0.05) is 0 Å². The Hall–Kier alpha value is 1.60. The fourth-order valence-corrected chi connectivity index (χ4v) is 0. The van der Waals surface area contributed by atoms with Crippen molar-refractivity contribution in [3.63, 3.8) is 0 Å². The Labute approximate surface area is 76.5 Å².